The molecule has 0 radical (unpaired) electrons. The molecule has 0 aliphatic carbocycles. The zero-order valence-electron chi connectivity index (χ0n) is 19.3. The van der Waals surface area contributed by atoms with Gasteiger partial charge in [-0.1, -0.05) is 0 Å². The summed E-state index contributed by atoms with van der Waals surface area (Å²) in [6.45, 7) is 8.81. The molecule has 31 heavy (non-hydrogen) atoms. The molecular weight excluding hydrogens is 400 g/mol. The number of anilines is 1. The first kappa shape index (κ1) is 26.0. The molecule has 0 bridgehead atoms. The van der Waals surface area contributed by atoms with Gasteiger partial charge in [0.05, 0.1) is 11.3 Å². The monoisotopic (exact) mass is 434 g/mol. The van der Waals surface area contributed by atoms with Crippen molar-refractivity contribution in [2.75, 3.05) is 52.3 Å². The molecule has 0 spiro atoms. The summed E-state index contributed by atoms with van der Waals surface area (Å²) in [6, 6.07) is 1.69. The van der Waals surface area contributed by atoms with Crippen LogP contribution in [0.5, 0.6) is 0 Å². The van der Waals surface area contributed by atoms with E-state index < -0.39 is 5.91 Å². The number of nitrogens with one attached hydrogen (secondary N) is 1. The molecule has 10 nitrogen and oxygen atoms in total. The van der Waals surface area contributed by atoms with Gasteiger partial charge in [0.1, 0.15) is 5.70 Å². The Kier molecular flexibility index (Phi) is 10.6. The fourth-order valence-corrected chi connectivity index (χ4v) is 2.50. The van der Waals surface area contributed by atoms with Crippen molar-refractivity contribution in [1.29, 1.82) is 0 Å². The second kappa shape index (κ2) is 12.6. The largest absolute Gasteiger partial charge is 0.379 e. The zero-order chi connectivity index (χ0) is 23.4. The molecule has 0 atom stereocenters. The minimum absolute atomic E-state index is 0.0417. The third-order valence-corrected chi connectivity index (χ3v) is 4.43. The van der Waals surface area contributed by atoms with Gasteiger partial charge in [-0.05, 0) is 39.3 Å². The van der Waals surface area contributed by atoms with Crippen LogP contribution < -0.4 is 10.2 Å². The maximum absolute atomic E-state index is 11.9. The van der Waals surface area contributed by atoms with E-state index in [9.17, 15) is 14.4 Å². The summed E-state index contributed by atoms with van der Waals surface area (Å²) in [6.07, 6.45) is 5.27. The SMILES string of the molecule is CN(C)/C(=C\c1ccnc(N2CCCN(C=O)CC2)n1)C(=O)NC=O.COC(C)(C)C. The van der Waals surface area contributed by atoms with Crippen molar-refractivity contribution in [3.8, 4) is 0 Å². The topological polar surface area (TPSA) is 108 Å². The van der Waals surface area contributed by atoms with Crippen LogP contribution in [-0.4, -0.2) is 91.5 Å². The molecule has 3 amide bonds. The molecule has 1 N–H and O–H groups in total. The summed E-state index contributed by atoms with van der Waals surface area (Å²) in [4.78, 5) is 47.5. The van der Waals surface area contributed by atoms with Crippen LogP contribution in [0.15, 0.2) is 18.0 Å². The lowest BCUT2D eigenvalue weighted by Crippen LogP contribution is -2.31. The smallest absolute Gasteiger partial charge is 0.273 e. The molecule has 10 heteroatoms. The first-order valence-corrected chi connectivity index (χ1v) is 10.1. The van der Waals surface area contributed by atoms with Crippen LogP contribution in [0.1, 0.15) is 32.9 Å². The van der Waals surface area contributed by atoms with E-state index in [1.165, 1.54) is 0 Å². The van der Waals surface area contributed by atoms with Crippen LogP contribution >= 0.6 is 0 Å². The second-order valence-corrected chi connectivity index (χ2v) is 8.10. The number of hydrogen-bond donors (Lipinski definition) is 1. The van der Waals surface area contributed by atoms with Gasteiger partial charge in [0.15, 0.2) is 0 Å². The van der Waals surface area contributed by atoms with E-state index in [1.807, 2.05) is 25.7 Å². The Bertz CT molecular complexity index is 760. The van der Waals surface area contributed by atoms with Crippen LogP contribution in [0.3, 0.4) is 0 Å². The highest BCUT2D eigenvalue weighted by atomic mass is 16.5. The number of nitrogens with zero attached hydrogens (tertiary/aromatic N) is 5. The Balaban J connectivity index is 0.000000703. The molecule has 1 aliphatic rings. The van der Waals surface area contributed by atoms with Gasteiger partial charge in [0.25, 0.3) is 5.91 Å². The van der Waals surface area contributed by atoms with Crippen molar-refractivity contribution >= 4 is 30.8 Å². The number of methoxy groups -OCH3 is 1. The maximum atomic E-state index is 11.9. The number of rotatable bonds is 6. The molecular formula is C21H34N6O4. The van der Waals surface area contributed by atoms with Crippen molar-refractivity contribution in [2.24, 2.45) is 0 Å². The average Bonchev–Trinajstić information content (AvgIpc) is 2.98. The molecule has 1 aliphatic heterocycles. The van der Waals surface area contributed by atoms with Gasteiger partial charge in [0, 0.05) is 53.6 Å². The Morgan fingerprint density at radius 3 is 2.42 bits per heavy atom. The summed E-state index contributed by atoms with van der Waals surface area (Å²) in [5.41, 5.74) is 0.908. The normalized spacial score (nSPS) is 14.7. The molecule has 1 fully saturated rings. The van der Waals surface area contributed by atoms with Crippen molar-refractivity contribution in [1.82, 2.24) is 25.1 Å². The quantitative estimate of drug-likeness (QED) is 0.516. The third-order valence-electron chi connectivity index (χ3n) is 4.43. The number of imide groups is 1. The fraction of sp³-hybridized carbons (Fsp3) is 0.571. The lowest BCUT2D eigenvalue weighted by molar-refractivity contribution is -0.123. The van der Waals surface area contributed by atoms with Crippen LogP contribution in [0.4, 0.5) is 5.95 Å². The number of carbonyl (C=O) groups is 3. The van der Waals surface area contributed by atoms with E-state index in [0.717, 1.165) is 25.9 Å². The van der Waals surface area contributed by atoms with Crippen LogP contribution in [-0.2, 0) is 19.1 Å². The summed E-state index contributed by atoms with van der Waals surface area (Å²) in [5.74, 6) is 0.0481. The minimum Gasteiger partial charge on any atom is -0.379 e. The predicted octanol–water partition coefficient (Wildman–Crippen LogP) is 0.752. The molecule has 1 aromatic heterocycles. The third kappa shape index (κ3) is 9.56. The van der Waals surface area contributed by atoms with Gasteiger partial charge in [-0.3, -0.25) is 19.7 Å². The van der Waals surface area contributed by atoms with Crippen molar-refractivity contribution < 1.29 is 19.1 Å². The van der Waals surface area contributed by atoms with E-state index in [-0.39, 0.29) is 5.60 Å². The van der Waals surface area contributed by atoms with Gasteiger partial charge >= 0.3 is 0 Å². The minimum atomic E-state index is -0.503. The first-order valence-electron chi connectivity index (χ1n) is 10.1. The molecule has 2 rings (SSSR count). The Hall–Kier alpha value is -3.01. The Morgan fingerprint density at radius 1 is 1.19 bits per heavy atom. The summed E-state index contributed by atoms with van der Waals surface area (Å²) in [7, 11) is 5.13. The van der Waals surface area contributed by atoms with Gasteiger partial charge in [-0.2, -0.15) is 0 Å². The van der Waals surface area contributed by atoms with Crippen LogP contribution in [0, 0.1) is 0 Å². The number of amides is 3. The maximum Gasteiger partial charge on any atom is 0.273 e. The Morgan fingerprint density at radius 2 is 1.87 bits per heavy atom. The summed E-state index contributed by atoms with van der Waals surface area (Å²) >= 11 is 0. The van der Waals surface area contributed by atoms with E-state index in [0.29, 0.717) is 36.8 Å². The molecule has 0 aromatic carbocycles. The molecule has 1 saturated heterocycles. The number of aromatic nitrogens is 2. The molecule has 172 valence electrons. The summed E-state index contributed by atoms with van der Waals surface area (Å²) < 4.78 is 4.94. The lowest BCUT2D eigenvalue weighted by atomic mass is 10.2. The lowest BCUT2D eigenvalue weighted by Gasteiger charge is -2.20. The number of hydrogen-bond acceptors (Lipinski definition) is 8. The Labute approximate surface area is 184 Å². The number of likely N-dealkylation sites (N-methyl/N-ethyl adjacent to an activating group) is 1. The predicted molar refractivity (Wildman–Crippen MR) is 119 cm³/mol. The van der Waals surface area contributed by atoms with Gasteiger partial charge in [-0.25, -0.2) is 9.97 Å². The fourth-order valence-electron chi connectivity index (χ4n) is 2.50. The zero-order valence-corrected chi connectivity index (χ0v) is 19.3. The molecule has 2 heterocycles. The van der Waals surface area contributed by atoms with E-state index in [4.69, 9.17) is 4.74 Å². The second-order valence-electron chi connectivity index (χ2n) is 8.10. The van der Waals surface area contributed by atoms with Gasteiger partial charge in [-0.15, -0.1) is 0 Å². The first-order chi connectivity index (χ1) is 14.6. The highest BCUT2D eigenvalue weighted by Gasteiger charge is 2.17. The van der Waals surface area contributed by atoms with Gasteiger partial charge in [0.2, 0.25) is 18.8 Å². The number of carbonyl (C=O) groups excluding carboxylic acids is 3. The molecule has 0 saturated carbocycles. The van der Waals surface area contributed by atoms with Crippen molar-refractivity contribution in [3.63, 3.8) is 0 Å². The van der Waals surface area contributed by atoms with E-state index in [1.54, 1.807) is 49.3 Å². The summed E-state index contributed by atoms with van der Waals surface area (Å²) in [5, 5.41) is 2.12. The molecule has 1 aromatic rings. The van der Waals surface area contributed by atoms with Gasteiger partial charge < -0.3 is 19.4 Å². The standard InChI is InChI=1S/C16H22N6O3.C5H12O/c1-20(2)14(15(25)18-11-23)10-13-4-5-17-16(19-13)22-7-3-6-21(12-24)8-9-22;1-5(2,3)6-4/h4-5,10-12H,3,6-9H2,1-2H3,(H,18,23,25);1-4H3/b14-10-;. The number of ether oxygens (including phenoxy) is 1. The average molecular weight is 435 g/mol. The van der Waals surface area contributed by atoms with Crippen molar-refractivity contribution in [3.05, 3.63) is 23.7 Å². The van der Waals surface area contributed by atoms with Crippen LogP contribution in [0.2, 0.25) is 0 Å². The van der Waals surface area contributed by atoms with Crippen molar-refractivity contribution in [2.45, 2.75) is 32.8 Å². The van der Waals surface area contributed by atoms with Crippen LogP contribution in [0.25, 0.3) is 6.08 Å². The molecule has 0 unspecified atom stereocenters. The van der Waals surface area contributed by atoms with E-state index in [2.05, 4.69) is 15.3 Å². The highest BCUT2D eigenvalue weighted by Crippen LogP contribution is 2.13. The van der Waals surface area contributed by atoms with E-state index >= 15 is 0 Å². The highest BCUT2D eigenvalue weighted by molar-refractivity contribution is 6.01.